The maximum atomic E-state index is 13.2. The second kappa shape index (κ2) is 8.86. The molecule has 0 radical (unpaired) electrons. The van der Waals surface area contributed by atoms with E-state index >= 15 is 0 Å². The van der Waals surface area contributed by atoms with E-state index in [0.29, 0.717) is 30.4 Å². The average molecular weight is 393 g/mol. The molecule has 1 aromatic heterocycles. The molecule has 3 saturated heterocycles. The molecule has 0 unspecified atom stereocenters. The number of ether oxygens (including phenoxy) is 2. The van der Waals surface area contributed by atoms with Crippen molar-refractivity contribution < 1.29 is 18.8 Å². The Labute approximate surface area is 165 Å². The summed E-state index contributed by atoms with van der Waals surface area (Å²) in [7, 11) is 1.58. The third kappa shape index (κ3) is 4.22. The molecular formula is C19H31N5O4. The van der Waals surface area contributed by atoms with Gasteiger partial charge in [-0.1, -0.05) is 5.16 Å². The highest BCUT2D eigenvalue weighted by molar-refractivity contribution is 5.87. The quantitative estimate of drug-likeness (QED) is 0.694. The monoisotopic (exact) mass is 393 g/mol. The second-order valence-corrected chi connectivity index (χ2v) is 8.11. The van der Waals surface area contributed by atoms with E-state index in [1.807, 2.05) is 0 Å². The Hall–Kier alpha value is -1.55. The summed E-state index contributed by atoms with van der Waals surface area (Å²) < 4.78 is 15.7. The molecule has 2 N–H and O–H groups in total. The molecule has 0 aliphatic carbocycles. The van der Waals surface area contributed by atoms with Gasteiger partial charge in [0.15, 0.2) is 5.82 Å². The molecule has 1 amide bonds. The van der Waals surface area contributed by atoms with Crippen LogP contribution in [0.3, 0.4) is 0 Å². The number of rotatable bonds is 7. The summed E-state index contributed by atoms with van der Waals surface area (Å²) in [6.07, 6.45) is 6.11. The minimum absolute atomic E-state index is 0.0787. The van der Waals surface area contributed by atoms with Crippen molar-refractivity contribution in [2.75, 3.05) is 33.4 Å². The third-order valence-electron chi connectivity index (χ3n) is 6.20. The fraction of sp³-hybridized carbons (Fsp3) is 0.842. The number of hydrogen-bond donors (Lipinski definition) is 2. The van der Waals surface area contributed by atoms with E-state index in [0.717, 1.165) is 64.8 Å². The van der Waals surface area contributed by atoms with Crippen LogP contribution in [0, 0.1) is 0 Å². The minimum atomic E-state index is -0.420. The van der Waals surface area contributed by atoms with E-state index in [1.54, 1.807) is 7.11 Å². The van der Waals surface area contributed by atoms with Gasteiger partial charge in [0.25, 0.3) is 0 Å². The van der Waals surface area contributed by atoms with Gasteiger partial charge >= 0.3 is 0 Å². The number of hydrogen-bond acceptors (Lipinski definition) is 8. The molecule has 3 fully saturated rings. The van der Waals surface area contributed by atoms with Gasteiger partial charge in [0.05, 0.1) is 6.54 Å². The lowest BCUT2D eigenvalue weighted by Crippen LogP contribution is -2.57. The van der Waals surface area contributed by atoms with Crippen LogP contribution in [0.15, 0.2) is 4.52 Å². The van der Waals surface area contributed by atoms with Crippen LogP contribution in [0.1, 0.15) is 50.2 Å². The van der Waals surface area contributed by atoms with E-state index in [-0.39, 0.29) is 12.5 Å². The Morgan fingerprint density at radius 2 is 2.18 bits per heavy atom. The molecule has 4 rings (SSSR count). The Kier molecular flexibility index (Phi) is 6.25. The van der Waals surface area contributed by atoms with Gasteiger partial charge in [0.2, 0.25) is 11.8 Å². The topological polar surface area (TPSA) is 102 Å². The summed E-state index contributed by atoms with van der Waals surface area (Å²) in [6, 6.07) is 0.849. The molecule has 3 aliphatic rings. The first kappa shape index (κ1) is 19.8. The smallest absolute Gasteiger partial charge is 0.246 e. The second-order valence-electron chi connectivity index (χ2n) is 8.11. The molecular weight excluding hydrogens is 362 g/mol. The first-order chi connectivity index (χ1) is 13.7. The van der Waals surface area contributed by atoms with Gasteiger partial charge in [0.1, 0.15) is 12.1 Å². The van der Waals surface area contributed by atoms with E-state index < -0.39 is 5.54 Å². The van der Waals surface area contributed by atoms with Crippen LogP contribution in [0.4, 0.5) is 0 Å². The summed E-state index contributed by atoms with van der Waals surface area (Å²) in [6.45, 7) is 4.13. The van der Waals surface area contributed by atoms with Crippen LogP contribution in [-0.4, -0.2) is 72.0 Å². The van der Waals surface area contributed by atoms with Crippen LogP contribution in [-0.2, 0) is 27.4 Å². The van der Waals surface area contributed by atoms with Gasteiger partial charge in [-0.05, 0) is 45.1 Å². The number of amides is 1. The number of carbonyl (C=O) groups excluding carboxylic acids is 1. The van der Waals surface area contributed by atoms with Crippen LogP contribution in [0.5, 0.6) is 0 Å². The summed E-state index contributed by atoms with van der Waals surface area (Å²) in [5, 5.41) is 10.7. The zero-order valence-corrected chi connectivity index (χ0v) is 16.6. The van der Waals surface area contributed by atoms with E-state index in [2.05, 4.69) is 25.7 Å². The zero-order chi connectivity index (χ0) is 19.4. The lowest BCUT2D eigenvalue weighted by molar-refractivity contribution is -0.134. The molecule has 9 nitrogen and oxygen atoms in total. The zero-order valence-electron chi connectivity index (χ0n) is 16.6. The third-order valence-corrected chi connectivity index (χ3v) is 6.20. The largest absolute Gasteiger partial charge is 0.381 e. The van der Waals surface area contributed by atoms with Crippen molar-refractivity contribution in [1.82, 2.24) is 25.7 Å². The predicted molar refractivity (Wildman–Crippen MR) is 100 cm³/mol. The number of aromatic nitrogens is 2. The molecule has 0 saturated carbocycles. The van der Waals surface area contributed by atoms with Gasteiger partial charge in [-0.2, -0.15) is 4.98 Å². The normalized spacial score (nSPS) is 29.0. The molecule has 28 heavy (non-hydrogen) atoms. The Balaban J connectivity index is 1.37. The maximum absolute atomic E-state index is 13.2. The molecule has 9 heteroatoms. The molecule has 4 heterocycles. The fourth-order valence-corrected chi connectivity index (χ4v) is 4.86. The summed E-state index contributed by atoms with van der Waals surface area (Å²) >= 11 is 0. The van der Waals surface area contributed by atoms with Crippen molar-refractivity contribution >= 4 is 5.91 Å². The predicted octanol–water partition coefficient (Wildman–Crippen LogP) is 0.598. The SMILES string of the molecule is COCc1noc(CNC(=O)[C@@]23CCCCN2C[C@@H](NC2CCOCC2)C3)n1. The van der Waals surface area contributed by atoms with E-state index in [1.165, 1.54) is 0 Å². The van der Waals surface area contributed by atoms with Crippen molar-refractivity contribution in [2.45, 2.75) is 69.3 Å². The maximum Gasteiger partial charge on any atom is 0.246 e. The molecule has 0 bridgehead atoms. The summed E-state index contributed by atoms with van der Waals surface area (Å²) in [4.78, 5) is 19.8. The highest BCUT2D eigenvalue weighted by Gasteiger charge is 2.52. The number of nitrogens with one attached hydrogen (secondary N) is 2. The van der Waals surface area contributed by atoms with Crippen molar-refractivity contribution in [1.29, 1.82) is 0 Å². The van der Waals surface area contributed by atoms with E-state index in [4.69, 9.17) is 14.0 Å². The molecule has 0 aromatic carbocycles. The highest BCUT2D eigenvalue weighted by Crippen LogP contribution is 2.38. The number of nitrogens with zero attached hydrogens (tertiary/aromatic N) is 3. The summed E-state index contributed by atoms with van der Waals surface area (Å²) in [5.41, 5.74) is -0.420. The molecule has 3 aliphatic heterocycles. The minimum Gasteiger partial charge on any atom is -0.381 e. The average Bonchev–Trinajstić information content (AvgIpc) is 3.31. The number of piperidine rings is 1. The van der Waals surface area contributed by atoms with E-state index in [9.17, 15) is 4.79 Å². The van der Waals surface area contributed by atoms with Gasteiger partial charge < -0.3 is 24.6 Å². The number of methoxy groups -OCH3 is 1. The van der Waals surface area contributed by atoms with Gasteiger partial charge in [0, 0.05) is 39.0 Å². The van der Waals surface area contributed by atoms with Crippen LogP contribution in [0.2, 0.25) is 0 Å². The van der Waals surface area contributed by atoms with Gasteiger partial charge in [-0.3, -0.25) is 9.69 Å². The van der Waals surface area contributed by atoms with Crippen molar-refractivity contribution in [3.05, 3.63) is 11.7 Å². The Morgan fingerprint density at radius 3 is 3.00 bits per heavy atom. The highest BCUT2D eigenvalue weighted by atomic mass is 16.5. The first-order valence-corrected chi connectivity index (χ1v) is 10.4. The Bertz CT molecular complexity index is 663. The van der Waals surface area contributed by atoms with Crippen LogP contribution >= 0.6 is 0 Å². The first-order valence-electron chi connectivity index (χ1n) is 10.4. The van der Waals surface area contributed by atoms with Gasteiger partial charge in [-0.25, -0.2) is 0 Å². The lowest BCUT2D eigenvalue weighted by Gasteiger charge is -2.40. The van der Waals surface area contributed by atoms with Crippen LogP contribution < -0.4 is 10.6 Å². The number of fused-ring (bicyclic) bond motifs is 1. The molecule has 0 spiro atoms. The van der Waals surface area contributed by atoms with Gasteiger partial charge in [-0.15, -0.1) is 0 Å². The van der Waals surface area contributed by atoms with Crippen molar-refractivity contribution in [3.8, 4) is 0 Å². The number of carbonyl (C=O) groups is 1. The Morgan fingerprint density at radius 1 is 1.32 bits per heavy atom. The molecule has 1 aromatic rings. The van der Waals surface area contributed by atoms with Crippen molar-refractivity contribution in [2.24, 2.45) is 0 Å². The fourth-order valence-electron chi connectivity index (χ4n) is 4.86. The van der Waals surface area contributed by atoms with Crippen molar-refractivity contribution in [3.63, 3.8) is 0 Å². The molecule has 2 atom stereocenters. The molecule has 156 valence electrons. The summed E-state index contributed by atoms with van der Waals surface area (Å²) in [5.74, 6) is 0.981. The standard InChI is InChI=1S/C19H31N5O4/c1-26-13-16-22-17(28-23-16)11-20-18(25)19-6-2-3-7-24(19)12-15(10-19)21-14-4-8-27-9-5-14/h14-15,21H,2-13H2,1H3,(H,20,25)/t15-,19-/m0/s1. The lowest BCUT2D eigenvalue weighted by atomic mass is 9.84. The van der Waals surface area contributed by atoms with Crippen LogP contribution in [0.25, 0.3) is 0 Å².